The monoisotopic (exact) mass is 270 g/mol. The number of rotatable bonds is 0. The highest BCUT2D eigenvalue weighted by Gasteiger charge is 2.70. The Bertz CT molecular complexity index is 769. The standard InChI is InChI=1S/C15H10O5/c16-8-5-6-11-12(7-8)20-15(19)10-4-2-1-3-9(10)13(17)14(11,15)18/h1-7,16,18-19H/t14-,15-/m0/s1. The van der Waals surface area contributed by atoms with Gasteiger partial charge in [0, 0.05) is 22.8 Å². The number of hydrogen-bond donors (Lipinski definition) is 3. The molecular formula is C15H10O5. The fourth-order valence-electron chi connectivity index (χ4n) is 3.01. The van der Waals surface area contributed by atoms with Gasteiger partial charge in [-0.05, 0) is 12.1 Å². The van der Waals surface area contributed by atoms with Crippen LogP contribution in [0, 0.1) is 0 Å². The molecule has 0 spiro atoms. The van der Waals surface area contributed by atoms with E-state index in [0.29, 0.717) is 0 Å². The zero-order valence-corrected chi connectivity index (χ0v) is 10.2. The van der Waals surface area contributed by atoms with E-state index in [4.69, 9.17) is 4.74 Å². The summed E-state index contributed by atoms with van der Waals surface area (Å²) in [6.07, 6.45) is 0. The zero-order valence-electron chi connectivity index (χ0n) is 10.2. The first-order valence-electron chi connectivity index (χ1n) is 6.10. The number of carbonyl (C=O) groups excluding carboxylic acids is 1. The average Bonchev–Trinajstić information content (AvgIpc) is 2.76. The Labute approximate surface area is 113 Å². The van der Waals surface area contributed by atoms with Gasteiger partial charge in [-0.3, -0.25) is 4.79 Å². The number of phenolic OH excluding ortho intramolecular Hbond substituents is 1. The number of benzene rings is 2. The predicted molar refractivity (Wildman–Crippen MR) is 67.3 cm³/mol. The molecule has 5 heteroatoms. The summed E-state index contributed by atoms with van der Waals surface area (Å²) >= 11 is 0. The Kier molecular flexibility index (Phi) is 1.83. The van der Waals surface area contributed by atoms with Crippen LogP contribution in [0.5, 0.6) is 11.5 Å². The highest BCUT2D eigenvalue weighted by atomic mass is 16.7. The molecule has 2 aliphatic rings. The molecule has 0 unspecified atom stereocenters. The molecule has 1 heterocycles. The molecule has 5 nitrogen and oxygen atoms in total. The third-order valence-electron chi connectivity index (χ3n) is 3.97. The van der Waals surface area contributed by atoms with Gasteiger partial charge in [-0.1, -0.05) is 24.3 Å². The molecule has 2 aromatic carbocycles. The van der Waals surface area contributed by atoms with Crippen LogP contribution in [0.2, 0.25) is 0 Å². The number of hydrogen-bond acceptors (Lipinski definition) is 5. The van der Waals surface area contributed by atoms with Gasteiger partial charge in [-0.2, -0.15) is 0 Å². The molecule has 1 aliphatic carbocycles. The van der Waals surface area contributed by atoms with Crippen molar-refractivity contribution in [3.05, 3.63) is 59.2 Å². The largest absolute Gasteiger partial charge is 0.508 e. The Morgan fingerprint density at radius 2 is 1.75 bits per heavy atom. The van der Waals surface area contributed by atoms with E-state index in [-0.39, 0.29) is 28.2 Å². The summed E-state index contributed by atoms with van der Waals surface area (Å²) in [6, 6.07) is 10.4. The van der Waals surface area contributed by atoms with Gasteiger partial charge < -0.3 is 20.1 Å². The third-order valence-corrected chi connectivity index (χ3v) is 3.97. The van der Waals surface area contributed by atoms with Crippen LogP contribution in [0.4, 0.5) is 0 Å². The van der Waals surface area contributed by atoms with E-state index in [2.05, 4.69) is 0 Å². The van der Waals surface area contributed by atoms with Crippen molar-refractivity contribution < 1.29 is 24.9 Å². The van der Waals surface area contributed by atoms with Gasteiger partial charge >= 0.3 is 0 Å². The number of ketones is 1. The fraction of sp³-hybridized carbons (Fsp3) is 0.133. The minimum Gasteiger partial charge on any atom is -0.508 e. The molecule has 0 saturated carbocycles. The molecule has 1 aliphatic heterocycles. The van der Waals surface area contributed by atoms with E-state index >= 15 is 0 Å². The Balaban J connectivity index is 2.05. The molecule has 20 heavy (non-hydrogen) atoms. The topological polar surface area (TPSA) is 87.0 Å². The SMILES string of the molecule is O=C1c2ccccc2[C@]2(O)Oc3cc(O)ccc3[C@]12O. The Hall–Kier alpha value is -2.37. The molecule has 100 valence electrons. The van der Waals surface area contributed by atoms with Crippen molar-refractivity contribution in [2.75, 3.05) is 0 Å². The minimum atomic E-state index is -2.18. The first-order chi connectivity index (χ1) is 9.48. The number of aliphatic hydroxyl groups is 2. The highest BCUT2D eigenvalue weighted by molar-refractivity contribution is 6.09. The van der Waals surface area contributed by atoms with Crippen molar-refractivity contribution in [1.29, 1.82) is 0 Å². The fourth-order valence-corrected chi connectivity index (χ4v) is 3.01. The van der Waals surface area contributed by atoms with Crippen LogP contribution in [-0.4, -0.2) is 21.1 Å². The highest BCUT2D eigenvalue weighted by Crippen LogP contribution is 2.58. The van der Waals surface area contributed by atoms with Crippen LogP contribution in [0.25, 0.3) is 0 Å². The summed E-state index contributed by atoms with van der Waals surface area (Å²) in [6.45, 7) is 0. The van der Waals surface area contributed by atoms with Crippen molar-refractivity contribution in [3.8, 4) is 11.5 Å². The van der Waals surface area contributed by atoms with Gasteiger partial charge in [0.1, 0.15) is 11.5 Å². The van der Waals surface area contributed by atoms with Crippen molar-refractivity contribution in [1.82, 2.24) is 0 Å². The molecule has 4 rings (SSSR count). The minimum absolute atomic E-state index is 0.0725. The van der Waals surface area contributed by atoms with E-state index < -0.39 is 17.2 Å². The molecule has 0 aromatic heterocycles. The third kappa shape index (κ3) is 1.01. The van der Waals surface area contributed by atoms with E-state index in [1.165, 1.54) is 30.3 Å². The van der Waals surface area contributed by atoms with Gasteiger partial charge in [0.15, 0.2) is 0 Å². The zero-order chi connectivity index (χ0) is 14.1. The van der Waals surface area contributed by atoms with Gasteiger partial charge in [0.25, 0.3) is 5.79 Å². The molecule has 0 radical (unpaired) electrons. The molecule has 0 amide bonds. The van der Waals surface area contributed by atoms with E-state index in [1.54, 1.807) is 12.1 Å². The molecule has 0 fully saturated rings. The quantitative estimate of drug-likeness (QED) is 0.665. The Morgan fingerprint density at radius 3 is 2.55 bits per heavy atom. The van der Waals surface area contributed by atoms with E-state index in [1.807, 2.05) is 0 Å². The Morgan fingerprint density at radius 1 is 1.00 bits per heavy atom. The van der Waals surface area contributed by atoms with Crippen molar-refractivity contribution >= 4 is 5.78 Å². The van der Waals surface area contributed by atoms with Crippen LogP contribution in [0.1, 0.15) is 21.5 Å². The van der Waals surface area contributed by atoms with E-state index in [0.717, 1.165) is 0 Å². The molecule has 2 aromatic rings. The van der Waals surface area contributed by atoms with Crippen LogP contribution in [0.3, 0.4) is 0 Å². The smallest absolute Gasteiger partial charge is 0.276 e. The number of ether oxygens (including phenoxy) is 1. The molecule has 0 bridgehead atoms. The summed E-state index contributed by atoms with van der Waals surface area (Å²) < 4.78 is 5.42. The van der Waals surface area contributed by atoms with Gasteiger partial charge in [-0.25, -0.2) is 0 Å². The van der Waals surface area contributed by atoms with Crippen molar-refractivity contribution in [2.24, 2.45) is 0 Å². The average molecular weight is 270 g/mol. The normalized spacial score (nSPS) is 29.6. The lowest BCUT2D eigenvalue weighted by Crippen LogP contribution is -2.48. The summed E-state index contributed by atoms with van der Waals surface area (Å²) in [7, 11) is 0. The number of aromatic hydroxyl groups is 1. The maximum atomic E-state index is 12.5. The number of phenols is 1. The first kappa shape index (κ1) is 11.5. The number of fused-ring (bicyclic) bond motifs is 5. The van der Waals surface area contributed by atoms with Crippen LogP contribution < -0.4 is 4.74 Å². The molecular weight excluding hydrogens is 260 g/mol. The lowest BCUT2D eigenvalue weighted by molar-refractivity contribution is -0.224. The van der Waals surface area contributed by atoms with Crippen LogP contribution in [0.15, 0.2) is 42.5 Å². The maximum Gasteiger partial charge on any atom is 0.276 e. The van der Waals surface area contributed by atoms with Crippen molar-refractivity contribution in [2.45, 2.75) is 11.4 Å². The van der Waals surface area contributed by atoms with Crippen molar-refractivity contribution in [3.63, 3.8) is 0 Å². The summed E-state index contributed by atoms with van der Waals surface area (Å²) in [5, 5.41) is 31.0. The molecule has 2 atom stereocenters. The number of Topliss-reactive ketones (excluding diaryl/α,β-unsaturated/α-hetero) is 1. The predicted octanol–water partition coefficient (Wildman–Crippen LogP) is 1.01. The van der Waals surface area contributed by atoms with Gasteiger partial charge in [0.05, 0.1) is 0 Å². The second kappa shape index (κ2) is 3.20. The maximum absolute atomic E-state index is 12.5. The van der Waals surface area contributed by atoms with Gasteiger partial charge in [0.2, 0.25) is 11.4 Å². The molecule has 0 saturated heterocycles. The second-order valence-corrected chi connectivity index (χ2v) is 5.01. The number of carbonyl (C=O) groups is 1. The summed E-state index contributed by atoms with van der Waals surface area (Å²) in [4.78, 5) is 12.5. The summed E-state index contributed by atoms with van der Waals surface area (Å²) in [5.41, 5.74) is -1.57. The summed E-state index contributed by atoms with van der Waals surface area (Å²) in [5.74, 6) is -2.74. The first-order valence-corrected chi connectivity index (χ1v) is 6.10. The lowest BCUT2D eigenvalue weighted by Gasteiger charge is -2.28. The molecule has 3 N–H and O–H groups in total. The lowest BCUT2D eigenvalue weighted by atomic mass is 9.87. The van der Waals surface area contributed by atoms with Crippen LogP contribution >= 0.6 is 0 Å². The second-order valence-electron chi connectivity index (χ2n) is 5.01. The van der Waals surface area contributed by atoms with E-state index in [9.17, 15) is 20.1 Å². The van der Waals surface area contributed by atoms with Gasteiger partial charge in [-0.15, -0.1) is 0 Å². The van der Waals surface area contributed by atoms with Crippen LogP contribution in [-0.2, 0) is 11.4 Å².